The van der Waals surface area contributed by atoms with Crippen molar-refractivity contribution in [2.75, 3.05) is 6.54 Å². The fraction of sp³-hybridized carbons (Fsp3) is 0.818. The molecular weight excluding hydrogens is 194 g/mol. The molecule has 4 heteroatoms. The summed E-state index contributed by atoms with van der Waals surface area (Å²) in [5.74, 6) is -1.97. The molecule has 4 nitrogen and oxygen atoms in total. The van der Waals surface area contributed by atoms with Gasteiger partial charge in [0.1, 0.15) is 5.92 Å². The summed E-state index contributed by atoms with van der Waals surface area (Å²) < 4.78 is 0. The molecule has 88 valence electrons. The van der Waals surface area contributed by atoms with Gasteiger partial charge < -0.3 is 10.0 Å². The minimum atomic E-state index is -1.06. The molecule has 0 aromatic heterocycles. The lowest BCUT2D eigenvalue weighted by Gasteiger charge is -2.29. The molecule has 0 aromatic carbocycles. The third-order valence-electron chi connectivity index (χ3n) is 2.21. The smallest absolute Gasteiger partial charge is 0.315 e. The van der Waals surface area contributed by atoms with Crippen molar-refractivity contribution in [3.05, 3.63) is 0 Å². The van der Waals surface area contributed by atoms with Crippen LogP contribution in [0.5, 0.6) is 0 Å². The van der Waals surface area contributed by atoms with Crippen LogP contribution in [0.3, 0.4) is 0 Å². The molecule has 0 fully saturated rings. The number of carboxylic acids is 1. The zero-order valence-electron chi connectivity index (χ0n) is 10.2. The van der Waals surface area contributed by atoms with Gasteiger partial charge in [0.15, 0.2) is 0 Å². The van der Waals surface area contributed by atoms with Crippen molar-refractivity contribution in [1.82, 2.24) is 4.90 Å². The zero-order valence-corrected chi connectivity index (χ0v) is 10.2. The number of hydrogen-bond donors (Lipinski definition) is 1. The second-order valence-electron chi connectivity index (χ2n) is 4.54. The van der Waals surface area contributed by atoms with Crippen LogP contribution in [0.1, 0.15) is 34.6 Å². The maximum Gasteiger partial charge on any atom is 0.315 e. The minimum Gasteiger partial charge on any atom is -0.481 e. The summed E-state index contributed by atoms with van der Waals surface area (Å²) in [5.41, 5.74) is 0. The summed E-state index contributed by atoms with van der Waals surface area (Å²) in [5, 5.41) is 8.77. The van der Waals surface area contributed by atoms with Gasteiger partial charge in [0.05, 0.1) is 0 Å². The second-order valence-corrected chi connectivity index (χ2v) is 4.54. The monoisotopic (exact) mass is 215 g/mol. The Morgan fingerprint density at radius 3 is 1.87 bits per heavy atom. The summed E-state index contributed by atoms with van der Waals surface area (Å²) in [6.45, 7) is 9.85. The van der Waals surface area contributed by atoms with E-state index in [2.05, 4.69) is 0 Å². The van der Waals surface area contributed by atoms with E-state index in [0.29, 0.717) is 12.5 Å². The van der Waals surface area contributed by atoms with Crippen molar-refractivity contribution in [2.24, 2.45) is 11.8 Å². The van der Waals surface area contributed by atoms with Gasteiger partial charge in [-0.3, -0.25) is 9.59 Å². The highest BCUT2D eigenvalue weighted by Crippen LogP contribution is 2.10. The molecule has 0 bridgehead atoms. The fourth-order valence-corrected chi connectivity index (χ4v) is 1.30. The number of rotatable bonds is 5. The van der Waals surface area contributed by atoms with Gasteiger partial charge in [0.25, 0.3) is 0 Å². The van der Waals surface area contributed by atoms with Gasteiger partial charge in [-0.2, -0.15) is 0 Å². The summed E-state index contributed by atoms with van der Waals surface area (Å²) in [7, 11) is 0. The molecule has 1 atom stereocenters. The van der Waals surface area contributed by atoms with Gasteiger partial charge in [0, 0.05) is 12.6 Å². The molecule has 0 rings (SSSR count). The van der Waals surface area contributed by atoms with E-state index < -0.39 is 11.9 Å². The third-order valence-corrected chi connectivity index (χ3v) is 2.21. The van der Waals surface area contributed by atoms with Crippen LogP contribution in [0, 0.1) is 11.8 Å². The molecule has 1 N–H and O–H groups in total. The van der Waals surface area contributed by atoms with Crippen LogP contribution in [0.15, 0.2) is 0 Å². The van der Waals surface area contributed by atoms with Gasteiger partial charge in [-0.15, -0.1) is 0 Å². The summed E-state index contributed by atoms with van der Waals surface area (Å²) in [6.07, 6.45) is 0. The van der Waals surface area contributed by atoms with E-state index in [9.17, 15) is 9.59 Å². The lowest BCUT2D eigenvalue weighted by molar-refractivity contribution is -0.151. The number of carbonyl (C=O) groups is 2. The first-order chi connectivity index (χ1) is 6.77. The standard InChI is InChI=1S/C11H21NO3/c1-7(2)6-12(8(3)4)10(13)9(5)11(14)15/h7-9H,6H2,1-5H3,(H,14,15). The Kier molecular flexibility index (Phi) is 5.33. The van der Waals surface area contributed by atoms with Crippen LogP contribution in [0.25, 0.3) is 0 Å². The number of hydrogen-bond acceptors (Lipinski definition) is 2. The van der Waals surface area contributed by atoms with Crippen molar-refractivity contribution >= 4 is 11.9 Å². The van der Waals surface area contributed by atoms with E-state index in [0.717, 1.165) is 0 Å². The van der Waals surface area contributed by atoms with Crippen LogP contribution in [-0.4, -0.2) is 34.5 Å². The van der Waals surface area contributed by atoms with Gasteiger partial charge in [0.2, 0.25) is 5.91 Å². The third kappa shape index (κ3) is 4.32. The van der Waals surface area contributed by atoms with E-state index in [1.165, 1.54) is 6.92 Å². The zero-order chi connectivity index (χ0) is 12.2. The van der Waals surface area contributed by atoms with Crippen LogP contribution in [0.2, 0.25) is 0 Å². The van der Waals surface area contributed by atoms with Gasteiger partial charge in [-0.25, -0.2) is 0 Å². The van der Waals surface area contributed by atoms with E-state index in [1.54, 1.807) is 4.90 Å². The van der Waals surface area contributed by atoms with Crippen molar-refractivity contribution in [3.8, 4) is 0 Å². The van der Waals surface area contributed by atoms with Crippen molar-refractivity contribution in [2.45, 2.75) is 40.7 Å². The molecule has 0 saturated carbocycles. The van der Waals surface area contributed by atoms with E-state index in [4.69, 9.17) is 5.11 Å². The van der Waals surface area contributed by atoms with Crippen LogP contribution < -0.4 is 0 Å². The SMILES string of the molecule is CC(C)CN(C(=O)C(C)C(=O)O)C(C)C. The minimum absolute atomic E-state index is 0.0432. The topological polar surface area (TPSA) is 57.6 Å². The maximum absolute atomic E-state index is 11.8. The van der Waals surface area contributed by atoms with Crippen molar-refractivity contribution in [1.29, 1.82) is 0 Å². The van der Waals surface area contributed by atoms with Gasteiger partial charge in [-0.1, -0.05) is 13.8 Å². The molecule has 0 aliphatic heterocycles. The van der Waals surface area contributed by atoms with Gasteiger partial charge >= 0.3 is 5.97 Å². The lowest BCUT2D eigenvalue weighted by Crippen LogP contribution is -2.44. The average Bonchev–Trinajstić information content (AvgIpc) is 2.10. The molecule has 0 saturated heterocycles. The molecule has 0 aromatic rings. The Balaban J connectivity index is 4.62. The molecule has 1 amide bonds. The summed E-state index contributed by atoms with van der Waals surface area (Å²) in [6, 6.07) is 0.0432. The molecule has 0 aliphatic carbocycles. The highest BCUT2D eigenvalue weighted by molar-refractivity contribution is 5.96. The number of amides is 1. The average molecular weight is 215 g/mol. The first kappa shape index (κ1) is 13.9. The first-order valence-electron chi connectivity index (χ1n) is 5.30. The molecule has 1 unspecified atom stereocenters. The predicted octanol–water partition coefficient (Wildman–Crippen LogP) is 1.60. The number of carboxylic acid groups (broad SMARTS) is 1. The maximum atomic E-state index is 11.8. The Morgan fingerprint density at radius 2 is 1.60 bits per heavy atom. The summed E-state index contributed by atoms with van der Waals surface area (Å²) >= 11 is 0. The number of aliphatic carboxylic acids is 1. The molecule has 0 spiro atoms. The largest absolute Gasteiger partial charge is 0.481 e. The molecule has 15 heavy (non-hydrogen) atoms. The van der Waals surface area contributed by atoms with E-state index in [1.807, 2.05) is 27.7 Å². The van der Waals surface area contributed by atoms with Crippen LogP contribution >= 0.6 is 0 Å². The molecule has 0 radical (unpaired) electrons. The normalized spacial score (nSPS) is 13.0. The quantitative estimate of drug-likeness (QED) is 0.709. The van der Waals surface area contributed by atoms with Gasteiger partial charge in [-0.05, 0) is 26.7 Å². The Morgan fingerprint density at radius 1 is 1.13 bits per heavy atom. The number of carbonyl (C=O) groups excluding carboxylic acids is 1. The Labute approximate surface area is 91.3 Å². The molecule has 0 heterocycles. The fourth-order valence-electron chi connectivity index (χ4n) is 1.30. The van der Waals surface area contributed by atoms with Crippen molar-refractivity contribution in [3.63, 3.8) is 0 Å². The van der Waals surface area contributed by atoms with E-state index >= 15 is 0 Å². The van der Waals surface area contributed by atoms with Crippen LogP contribution in [0.4, 0.5) is 0 Å². The van der Waals surface area contributed by atoms with Crippen LogP contribution in [-0.2, 0) is 9.59 Å². The Bertz CT molecular complexity index is 236. The predicted molar refractivity (Wildman–Crippen MR) is 58.5 cm³/mol. The highest BCUT2D eigenvalue weighted by atomic mass is 16.4. The second kappa shape index (κ2) is 5.73. The highest BCUT2D eigenvalue weighted by Gasteiger charge is 2.27. The lowest BCUT2D eigenvalue weighted by atomic mass is 10.1. The van der Waals surface area contributed by atoms with E-state index in [-0.39, 0.29) is 11.9 Å². The Hall–Kier alpha value is -1.06. The van der Waals surface area contributed by atoms with Crippen molar-refractivity contribution < 1.29 is 14.7 Å². The molecule has 0 aliphatic rings. The summed E-state index contributed by atoms with van der Waals surface area (Å²) in [4.78, 5) is 24.1. The number of nitrogens with zero attached hydrogens (tertiary/aromatic N) is 1. The molecular formula is C11H21NO3. The first-order valence-corrected chi connectivity index (χ1v) is 5.30.